The van der Waals surface area contributed by atoms with E-state index in [1.165, 1.54) is 0 Å². The molecule has 0 unspecified atom stereocenters. The summed E-state index contributed by atoms with van der Waals surface area (Å²) in [7, 11) is 0. The molecule has 2 fully saturated rings. The van der Waals surface area contributed by atoms with E-state index in [1.54, 1.807) is 20.8 Å². The summed E-state index contributed by atoms with van der Waals surface area (Å²) in [5.41, 5.74) is -0.934. The lowest BCUT2D eigenvalue weighted by Gasteiger charge is -2.34. The first-order chi connectivity index (χ1) is 9.43. The number of carbonyl (C=O) groups excluding carboxylic acids is 1. The molecule has 1 N–H and O–H groups in total. The lowest BCUT2D eigenvalue weighted by Crippen LogP contribution is -2.54. The van der Waals surface area contributed by atoms with Crippen molar-refractivity contribution in [2.75, 3.05) is 6.61 Å². The fraction of sp³-hybridized carbons (Fsp3) is 0.833. The number of hydrogen-bond acceptors (Lipinski definition) is 4. The van der Waals surface area contributed by atoms with Crippen LogP contribution in [0.3, 0.4) is 0 Å². The van der Waals surface area contributed by atoms with Gasteiger partial charge in [0.2, 0.25) is 0 Å². The van der Waals surface area contributed by atoms with E-state index in [9.17, 15) is 22.8 Å². The third-order valence-electron chi connectivity index (χ3n) is 3.29. The zero-order valence-corrected chi connectivity index (χ0v) is 11.7. The zero-order chi connectivity index (χ0) is 16.2. The van der Waals surface area contributed by atoms with Crippen LogP contribution in [-0.2, 0) is 14.3 Å². The van der Waals surface area contributed by atoms with Gasteiger partial charge in [0.15, 0.2) is 6.04 Å². The van der Waals surface area contributed by atoms with Crippen molar-refractivity contribution in [1.29, 1.82) is 0 Å². The Hall–Kier alpha value is -1.51. The maximum absolute atomic E-state index is 12.8. The lowest BCUT2D eigenvalue weighted by atomic mass is 10.2. The predicted octanol–water partition coefficient (Wildman–Crippen LogP) is 1.64. The Morgan fingerprint density at radius 3 is 2.29 bits per heavy atom. The molecule has 0 bridgehead atoms. The summed E-state index contributed by atoms with van der Waals surface area (Å²) >= 11 is 0. The van der Waals surface area contributed by atoms with Crippen molar-refractivity contribution < 1.29 is 37.3 Å². The summed E-state index contributed by atoms with van der Waals surface area (Å²) in [6.07, 6.45) is -6.84. The summed E-state index contributed by atoms with van der Waals surface area (Å²) in [6, 6.07) is -2.82. The Morgan fingerprint density at radius 2 is 1.86 bits per heavy atom. The molecule has 1 saturated heterocycles. The van der Waals surface area contributed by atoms with Crippen LogP contribution < -0.4 is 0 Å². The van der Waals surface area contributed by atoms with E-state index < -0.39 is 54.6 Å². The average molecular weight is 311 g/mol. The van der Waals surface area contributed by atoms with Crippen LogP contribution >= 0.6 is 0 Å². The first-order valence-electron chi connectivity index (χ1n) is 6.36. The van der Waals surface area contributed by atoms with E-state index >= 15 is 0 Å². The maximum Gasteiger partial charge on any atom is 0.411 e. The third kappa shape index (κ3) is 3.07. The number of carboxylic acid groups (broad SMARTS) is 1. The molecular formula is C12H16F3NO5. The number of aliphatic carboxylic acids is 1. The molecule has 1 saturated carbocycles. The molecule has 2 rings (SSSR count). The second-order valence-electron chi connectivity index (χ2n) is 6.10. The number of nitrogens with zero attached hydrogens (tertiary/aromatic N) is 1. The number of rotatable bonds is 1. The Kier molecular flexibility index (Phi) is 3.59. The van der Waals surface area contributed by atoms with Gasteiger partial charge in [0.1, 0.15) is 11.5 Å². The Bertz CT molecular complexity index is 459. The smallest absolute Gasteiger partial charge is 0.411 e. The van der Waals surface area contributed by atoms with E-state index in [2.05, 4.69) is 0 Å². The topological polar surface area (TPSA) is 76.1 Å². The number of hydrogen-bond donors (Lipinski definition) is 1. The molecule has 120 valence electrons. The van der Waals surface area contributed by atoms with Crippen molar-refractivity contribution >= 4 is 12.1 Å². The van der Waals surface area contributed by atoms with Gasteiger partial charge in [-0.15, -0.1) is 0 Å². The highest BCUT2D eigenvalue weighted by Gasteiger charge is 2.72. The van der Waals surface area contributed by atoms with Crippen LogP contribution in [0.5, 0.6) is 0 Å². The molecule has 0 aromatic heterocycles. The van der Waals surface area contributed by atoms with Gasteiger partial charge in [-0.1, -0.05) is 0 Å². The van der Waals surface area contributed by atoms with Crippen LogP contribution in [0.2, 0.25) is 0 Å². The number of ether oxygens (including phenoxy) is 2. The molecule has 0 aromatic carbocycles. The number of halogens is 3. The second-order valence-corrected chi connectivity index (χ2v) is 6.10. The quantitative estimate of drug-likeness (QED) is 0.796. The molecule has 1 aliphatic carbocycles. The maximum atomic E-state index is 12.8. The van der Waals surface area contributed by atoms with Gasteiger partial charge in [-0.05, 0) is 20.8 Å². The van der Waals surface area contributed by atoms with Crippen LogP contribution in [-0.4, -0.2) is 58.6 Å². The number of amides is 1. The molecule has 6 nitrogen and oxygen atoms in total. The summed E-state index contributed by atoms with van der Waals surface area (Å²) in [6.45, 7) is 4.16. The van der Waals surface area contributed by atoms with Crippen molar-refractivity contribution in [3.63, 3.8) is 0 Å². The van der Waals surface area contributed by atoms with Gasteiger partial charge in [0.25, 0.3) is 0 Å². The van der Waals surface area contributed by atoms with Gasteiger partial charge in [-0.3, -0.25) is 4.90 Å². The SMILES string of the molecule is CC(C)(C)OC(=O)N1[C@H]2[C@@H](OC[C@H]1C(=O)O)[C@H]2C(F)(F)F. The minimum absolute atomic E-state index is 0.484. The molecule has 0 radical (unpaired) electrons. The number of alkyl halides is 3. The van der Waals surface area contributed by atoms with E-state index in [0.29, 0.717) is 4.90 Å². The molecule has 1 amide bonds. The van der Waals surface area contributed by atoms with Crippen LogP contribution in [0.25, 0.3) is 0 Å². The number of morpholine rings is 1. The number of carboxylic acids is 1. The first-order valence-corrected chi connectivity index (χ1v) is 6.36. The Balaban J connectivity index is 2.23. The summed E-state index contributed by atoms with van der Waals surface area (Å²) in [4.78, 5) is 23.9. The third-order valence-corrected chi connectivity index (χ3v) is 3.29. The van der Waals surface area contributed by atoms with Crippen molar-refractivity contribution in [3.8, 4) is 0 Å². The van der Waals surface area contributed by atoms with Crippen molar-refractivity contribution in [3.05, 3.63) is 0 Å². The summed E-state index contributed by atoms with van der Waals surface area (Å²) in [5, 5.41) is 9.07. The molecule has 1 aliphatic heterocycles. The van der Waals surface area contributed by atoms with Crippen molar-refractivity contribution in [2.45, 2.75) is 50.7 Å². The normalized spacial score (nSPS) is 32.4. The largest absolute Gasteiger partial charge is 0.480 e. The molecule has 4 atom stereocenters. The van der Waals surface area contributed by atoms with Gasteiger partial charge in [-0.2, -0.15) is 13.2 Å². The molecular weight excluding hydrogens is 295 g/mol. The van der Waals surface area contributed by atoms with Crippen LogP contribution in [0.15, 0.2) is 0 Å². The number of carbonyl (C=O) groups is 2. The molecule has 2 aliphatic rings. The standard InChI is InChI=1S/C12H16F3NO5/c1-11(2,3)21-10(19)16-5(9(17)18)4-20-8-6(7(8)16)12(13,14)15/h5-8H,4H2,1-3H3,(H,17,18)/t5-,6-,7+,8-/m0/s1. The van der Waals surface area contributed by atoms with Crippen LogP contribution in [0.1, 0.15) is 20.8 Å². The highest BCUT2D eigenvalue weighted by molar-refractivity contribution is 5.81. The first kappa shape index (κ1) is 15.9. The average Bonchev–Trinajstić information content (AvgIpc) is 2.97. The fourth-order valence-electron chi connectivity index (χ4n) is 2.43. The van der Waals surface area contributed by atoms with Gasteiger partial charge in [0.05, 0.1) is 18.8 Å². The van der Waals surface area contributed by atoms with E-state index in [1.807, 2.05) is 0 Å². The Labute approximate surface area is 118 Å². The molecule has 0 aromatic rings. The van der Waals surface area contributed by atoms with Crippen LogP contribution in [0.4, 0.5) is 18.0 Å². The summed E-state index contributed by atoms with van der Waals surface area (Å²) in [5.74, 6) is -3.29. The minimum Gasteiger partial charge on any atom is -0.480 e. The predicted molar refractivity (Wildman–Crippen MR) is 62.6 cm³/mol. The second kappa shape index (κ2) is 4.75. The molecule has 9 heteroatoms. The Morgan fingerprint density at radius 1 is 1.29 bits per heavy atom. The van der Waals surface area contributed by atoms with Gasteiger partial charge in [-0.25, -0.2) is 9.59 Å². The fourth-order valence-corrected chi connectivity index (χ4v) is 2.43. The van der Waals surface area contributed by atoms with Crippen molar-refractivity contribution in [1.82, 2.24) is 4.90 Å². The van der Waals surface area contributed by atoms with E-state index in [4.69, 9.17) is 14.6 Å². The number of fused-ring (bicyclic) bond motifs is 1. The van der Waals surface area contributed by atoms with E-state index in [-0.39, 0.29) is 0 Å². The molecule has 21 heavy (non-hydrogen) atoms. The monoisotopic (exact) mass is 311 g/mol. The van der Waals surface area contributed by atoms with E-state index in [0.717, 1.165) is 0 Å². The molecule has 0 spiro atoms. The minimum atomic E-state index is -4.55. The molecule has 1 heterocycles. The van der Waals surface area contributed by atoms with Crippen molar-refractivity contribution in [2.24, 2.45) is 5.92 Å². The highest BCUT2D eigenvalue weighted by Crippen LogP contribution is 2.52. The summed E-state index contributed by atoms with van der Waals surface area (Å²) < 4.78 is 48.5. The van der Waals surface area contributed by atoms with Gasteiger partial charge < -0.3 is 14.6 Å². The zero-order valence-electron chi connectivity index (χ0n) is 11.7. The van der Waals surface area contributed by atoms with Gasteiger partial charge in [0, 0.05) is 0 Å². The van der Waals surface area contributed by atoms with Crippen LogP contribution in [0, 0.1) is 5.92 Å². The highest BCUT2D eigenvalue weighted by atomic mass is 19.4. The lowest BCUT2D eigenvalue weighted by molar-refractivity contribution is -0.157. The van der Waals surface area contributed by atoms with Gasteiger partial charge >= 0.3 is 18.2 Å².